The van der Waals surface area contributed by atoms with Crippen LogP contribution in [0.5, 0.6) is 0 Å². The number of aromatic nitrogens is 3. The van der Waals surface area contributed by atoms with Gasteiger partial charge in [0.2, 0.25) is 0 Å². The Morgan fingerprint density at radius 3 is 2.86 bits per heavy atom. The molecule has 7 nitrogen and oxygen atoms in total. The highest BCUT2D eigenvalue weighted by atomic mass is 127. The SMILES string of the molecule is CC(C)(C)OC(=O)NCCn1cc(I)c2c(N)ncnc21. The van der Waals surface area contributed by atoms with Gasteiger partial charge in [0.25, 0.3) is 0 Å². The van der Waals surface area contributed by atoms with Crippen LogP contribution in [0.25, 0.3) is 11.0 Å². The van der Waals surface area contributed by atoms with Gasteiger partial charge in [0.15, 0.2) is 0 Å². The second-order valence-electron chi connectivity index (χ2n) is 5.56. The Morgan fingerprint density at radius 2 is 2.19 bits per heavy atom. The summed E-state index contributed by atoms with van der Waals surface area (Å²) in [6.07, 6.45) is 2.95. The molecule has 1 amide bonds. The van der Waals surface area contributed by atoms with Crippen molar-refractivity contribution in [2.24, 2.45) is 0 Å². The molecule has 0 saturated heterocycles. The van der Waals surface area contributed by atoms with E-state index in [1.54, 1.807) is 0 Å². The van der Waals surface area contributed by atoms with Crippen molar-refractivity contribution in [2.45, 2.75) is 32.9 Å². The number of carbonyl (C=O) groups excluding carboxylic acids is 1. The maximum Gasteiger partial charge on any atom is 0.407 e. The summed E-state index contributed by atoms with van der Waals surface area (Å²) in [5, 5.41) is 3.56. The summed E-state index contributed by atoms with van der Waals surface area (Å²) in [4.78, 5) is 19.8. The molecule has 2 aromatic rings. The molecule has 0 bridgehead atoms. The Bertz CT molecular complexity index is 662. The zero-order chi connectivity index (χ0) is 15.6. The van der Waals surface area contributed by atoms with Crippen LogP contribution in [0.3, 0.4) is 0 Å². The third-order valence-electron chi connectivity index (χ3n) is 2.66. The van der Waals surface area contributed by atoms with Gasteiger partial charge in [0.05, 0.1) is 5.39 Å². The van der Waals surface area contributed by atoms with Crippen molar-refractivity contribution in [2.75, 3.05) is 12.3 Å². The monoisotopic (exact) mass is 403 g/mol. The van der Waals surface area contributed by atoms with Crippen LogP contribution in [-0.4, -0.2) is 32.8 Å². The zero-order valence-corrected chi connectivity index (χ0v) is 14.3. The molecule has 0 aliphatic rings. The minimum atomic E-state index is -0.499. The van der Waals surface area contributed by atoms with Gasteiger partial charge >= 0.3 is 6.09 Å². The van der Waals surface area contributed by atoms with Gasteiger partial charge in [-0.05, 0) is 43.4 Å². The van der Waals surface area contributed by atoms with Gasteiger partial charge in [-0.3, -0.25) is 0 Å². The highest BCUT2D eigenvalue weighted by Crippen LogP contribution is 2.24. The van der Waals surface area contributed by atoms with Gasteiger partial charge in [-0.2, -0.15) is 0 Å². The average Bonchev–Trinajstić information content (AvgIpc) is 2.65. The van der Waals surface area contributed by atoms with Gasteiger partial charge in [0.1, 0.15) is 23.4 Å². The highest BCUT2D eigenvalue weighted by Gasteiger charge is 2.16. The third kappa shape index (κ3) is 3.96. The number of nitrogens with one attached hydrogen (secondary N) is 1. The Balaban J connectivity index is 2.02. The Hall–Kier alpha value is -1.58. The number of rotatable bonds is 3. The molecule has 21 heavy (non-hydrogen) atoms. The minimum Gasteiger partial charge on any atom is -0.444 e. The van der Waals surface area contributed by atoms with Crippen LogP contribution in [0.2, 0.25) is 0 Å². The number of hydrogen-bond donors (Lipinski definition) is 2. The first kappa shape index (κ1) is 15.8. The number of nitrogens with two attached hydrogens (primary N) is 1. The predicted molar refractivity (Wildman–Crippen MR) is 88.9 cm³/mol. The number of nitrogens with zero attached hydrogens (tertiary/aromatic N) is 3. The quantitative estimate of drug-likeness (QED) is 0.766. The molecule has 0 aliphatic carbocycles. The summed E-state index contributed by atoms with van der Waals surface area (Å²) in [7, 11) is 0. The number of anilines is 1. The molecule has 0 fully saturated rings. The second kappa shape index (κ2) is 6.04. The van der Waals surface area contributed by atoms with E-state index in [4.69, 9.17) is 10.5 Å². The van der Waals surface area contributed by atoms with E-state index in [1.807, 2.05) is 31.5 Å². The fourth-order valence-corrected chi connectivity index (χ4v) is 2.72. The number of carbonyl (C=O) groups is 1. The number of amides is 1. The van der Waals surface area contributed by atoms with E-state index in [1.165, 1.54) is 6.33 Å². The van der Waals surface area contributed by atoms with E-state index in [0.29, 0.717) is 18.9 Å². The number of halogens is 1. The van der Waals surface area contributed by atoms with Crippen molar-refractivity contribution in [3.05, 3.63) is 16.1 Å². The van der Waals surface area contributed by atoms with Crippen molar-refractivity contribution >= 4 is 45.5 Å². The molecule has 0 saturated carbocycles. The van der Waals surface area contributed by atoms with Crippen molar-refractivity contribution in [1.82, 2.24) is 19.9 Å². The van der Waals surface area contributed by atoms with Crippen LogP contribution in [0.4, 0.5) is 10.6 Å². The van der Waals surface area contributed by atoms with Gasteiger partial charge in [-0.25, -0.2) is 14.8 Å². The van der Waals surface area contributed by atoms with E-state index in [0.717, 1.165) is 14.6 Å². The van der Waals surface area contributed by atoms with Gasteiger partial charge in [-0.15, -0.1) is 0 Å². The lowest BCUT2D eigenvalue weighted by Gasteiger charge is -2.19. The molecule has 2 heterocycles. The van der Waals surface area contributed by atoms with Gasteiger partial charge in [0, 0.05) is 22.9 Å². The minimum absolute atomic E-state index is 0.428. The number of ether oxygens (including phenoxy) is 1. The van der Waals surface area contributed by atoms with E-state index in [9.17, 15) is 4.79 Å². The Kier molecular flexibility index (Phi) is 4.55. The molecule has 2 rings (SSSR count). The molecule has 0 spiro atoms. The first-order valence-corrected chi connectivity index (χ1v) is 7.57. The summed E-state index contributed by atoms with van der Waals surface area (Å²) in [5.74, 6) is 0.461. The maximum absolute atomic E-state index is 11.6. The van der Waals surface area contributed by atoms with Crippen LogP contribution in [-0.2, 0) is 11.3 Å². The van der Waals surface area contributed by atoms with Crippen LogP contribution in [0.15, 0.2) is 12.5 Å². The fraction of sp³-hybridized carbons (Fsp3) is 0.462. The van der Waals surface area contributed by atoms with Crippen LogP contribution in [0.1, 0.15) is 20.8 Å². The molecule has 2 aromatic heterocycles. The lowest BCUT2D eigenvalue weighted by Crippen LogP contribution is -2.34. The van der Waals surface area contributed by atoms with Gasteiger partial charge < -0.3 is 20.4 Å². The topological polar surface area (TPSA) is 95.1 Å². The zero-order valence-electron chi connectivity index (χ0n) is 12.2. The molecule has 8 heteroatoms. The molecule has 0 atom stereocenters. The van der Waals surface area contributed by atoms with Crippen molar-refractivity contribution in [3.8, 4) is 0 Å². The fourth-order valence-electron chi connectivity index (χ4n) is 1.86. The summed E-state index contributed by atoms with van der Waals surface area (Å²) in [6, 6.07) is 0. The highest BCUT2D eigenvalue weighted by molar-refractivity contribution is 14.1. The smallest absolute Gasteiger partial charge is 0.407 e. The lowest BCUT2D eigenvalue weighted by atomic mass is 10.2. The number of nitrogen functional groups attached to an aromatic ring is 1. The van der Waals surface area contributed by atoms with Crippen LogP contribution < -0.4 is 11.1 Å². The lowest BCUT2D eigenvalue weighted by molar-refractivity contribution is 0.0526. The molecule has 0 radical (unpaired) electrons. The first-order chi connectivity index (χ1) is 9.78. The third-order valence-corrected chi connectivity index (χ3v) is 3.48. The first-order valence-electron chi connectivity index (χ1n) is 6.49. The molecular formula is C13H18IN5O2. The summed E-state index contributed by atoms with van der Waals surface area (Å²) in [5.41, 5.74) is 6.12. The summed E-state index contributed by atoms with van der Waals surface area (Å²) >= 11 is 2.19. The second-order valence-corrected chi connectivity index (χ2v) is 6.72. The van der Waals surface area contributed by atoms with Gasteiger partial charge in [-0.1, -0.05) is 0 Å². The molecule has 114 valence electrons. The number of hydrogen-bond acceptors (Lipinski definition) is 5. The van der Waals surface area contributed by atoms with Crippen molar-refractivity contribution in [1.29, 1.82) is 0 Å². The normalized spacial score (nSPS) is 11.6. The molecule has 0 unspecified atom stereocenters. The molecular weight excluding hydrogens is 385 g/mol. The van der Waals surface area contributed by atoms with E-state index >= 15 is 0 Å². The Labute approximate surface area is 136 Å². The standard InChI is InChI=1S/C13H18IN5O2/c1-13(2,3)21-12(20)16-4-5-19-6-8(14)9-10(15)17-7-18-11(9)19/h6-7H,4-5H2,1-3H3,(H,16,20)(H2,15,17,18). The predicted octanol–water partition coefficient (Wildman–Crippen LogP) is 2.14. The Morgan fingerprint density at radius 1 is 1.48 bits per heavy atom. The van der Waals surface area contributed by atoms with Crippen LogP contribution in [0, 0.1) is 3.57 Å². The molecule has 0 aliphatic heterocycles. The summed E-state index contributed by atoms with van der Waals surface area (Å²) < 4.78 is 8.10. The van der Waals surface area contributed by atoms with Crippen molar-refractivity contribution < 1.29 is 9.53 Å². The summed E-state index contributed by atoms with van der Waals surface area (Å²) in [6.45, 7) is 6.50. The van der Waals surface area contributed by atoms with Crippen molar-refractivity contribution in [3.63, 3.8) is 0 Å². The largest absolute Gasteiger partial charge is 0.444 e. The number of alkyl carbamates (subject to hydrolysis) is 1. The van der Waals surface area contributed by atoms with Crippen LogP contribution >= 0.6 is 22.6 Å². The van der Waals surface area contributed by atoms with E-state index in [2.05, 4.69) is 37.9 Å². The molecule has 3 N–H and O–H groups in total. The average molecular weight is 403 g/mol. The van der Waals surface area contributed by atoms with E-state index < -0.39 is 11.7 Å². The van der Waals surface area contributed by atoms with E-state index in [-0.39, 0.29) is 0 Å². The number of fused-ring (bicyclic) bond motifs is 1. The molecule has 0 aromatic carbocycles. The maximum atomic E-state index is 11.6.